The van der Waals surface area contributed by atoms with Crippen LogP contribution in [0.4, 0.5) is 0 Å². The molecule has 78 valence electrons. The van der Waals surface area contributed by atoms with Crippen LogP contribution in [-0.4, -0.2) is 24.9 Å². The summed E-state index contributed by atoms with van der Waals surface area (Å²) in [5, 5.41) is 13.9. The van der Waals surface area contributed by atoms with Crippen molar-refractivity contribution in [1.29, 1.82) is 0 Å². The van der Waals surface area contributed by atoms with E-state index in [1.165, 1.54) is 17.8 Å². The van der Waals surface area contributed by atoms with E-state index in [0.29, 0.717) is 11.0 Å². The Morgan fingerprint density at radius 2 is 2.33 bits per heavy atom. The number of rotatable bonds is 3. The number of aromatic nitrogens is 4. The summed E-state index contributed by atoms with van der Waals surface area (Å²) in [6.07, 6.45) is 3.58. The van der Waals surface area contributed by atoms with Crippen LogP contribution in [0.2, 0.25) is 0 Å². The molecule has 6 heteroatoms. The molecule has 0 aliphatic carbocycles. The van der Waals surface area contributed by atoms with Crippen molar-refractivity contribution in [1.82, 2.24) is 19.7 Å². The maximum absolute atomic E-state index is 9.26. The second-order valence-corrected chi connectivity index (χ2v) is 3.88. The minimum atomic E-state index is 0.00506. The van der Waals surface area contributed by atoms with Crippen LogP contribution in [0.3, 0.4) is 0 Å². The lowest BCUT2D eigenvalue weighted by Crippen LogP contribution is -1.96. The molecule has 0 unspecified atom stereocenters. The van der Waals surface area contributed by atoms with Crippen molar-refractivity contribution < 1.29 is 5.11 Å². The van der Waals surface area contributed by atoms with Gasteiger partial charge in [-0.25, -0.2) is 4.98 Å². The van der Waals surface area contributed by atoms with Gasteiger partial charge in [-0.2, -0.15) is 10.1 Å². The lowest BCUT2D eigenvalue weighted by Gasteiger charge is -2.02. The predicted octanol–water partition coefficient (Wildman–Crippen LogP) is 1.44. The summed E-state index contributed by atoms with van der Waals surface area (Å²) < 4.78 is 1.77. The third-order valence-electron chi connectivity index (χ3n) is 1.71. The molecule has 2 aromatic rings. The minimum Gasteiger partial charge on any atom is -0.493 e. The van der Waals surface area contributed by atoms with Gasteiger partial charge in [0.2, 0.25) is 5.88 Å². The molecule has 2 aromatic heterocycles. The number of thioether (sulfide) groups is 1. The van der Waals surface area contributed by atoms with Gasteiger partial charge in [-0.05, 0) is 13.0 Å². The zero-order chi connectivity index (χ0) is 10.7. The van der Waals surface area contributed by atoms with Gasteiger partial charge in [-0.3, -0.25) is 4.68 Å². The molecular formula is C9H10N4OS. The Labute approximate surface area is 91.2 Å². The Morgan fingerprint density at radius 1 is 1.47 bits per heavy atom. The highest BCUT2D eigenvalue weighted by atomic mass is 32.2. The molecule has 0 amide bonds. The van der Waals surface area contributed by atoms with Crippen molar-refractivity contribution in [2.75, 3.05) is 0 Å². The zero-order valence-corrected chi connectivity index (χ0v) is 8.98. The molecule has 0 aliphatic heterocycles. The summed E-state index contributed by atoms with van der Waals surface area (Å²) >= 11 is 1.42. The summed E-state index contributed by atoms with van der Waals surface area (Å²) in [7, 11) is 0. The molecule has 0 fully saturated rings. The van der Waals surface area contributed by atoms with E-state index in [1.54, 1.807) is 10.9 Å². The topological polar surface area (TPSA) is 63.8 Å². The first-order chi connectivity index (χ1) is 7.24. The van der Waals surface area contributed by atoms with Crippen LogP contribution in [0.5, 0.6) is 5.88 Å². The number of hydrogen-bond acceptors (Lipinski definition) is 5. The highest BCUT2D eigenvalue weighted by Gasteiger charge is 2.02. The molecule has 2 rings (SSSR count). The predicted molar refractivity (Wildman–Crippen MR) is 56.5 cm³/mol. The Balaban J connectivity index is 2.05. The summed E-state index contributed by atoms with van der Waals surface area (Å²) in [6.45, 7) is 1.82. The fourth-order valence-electron chi connectivity index (χ4n) is 1.09. The number of nitrogens with zero attached hydrogens (tertiary/aromatic N) is 4. The summed E-state index contributed by atoms with van der Waals surface area (Å²) in [5.74, 6) is 0.640. The van der Waals surface area contributed by atoms with Gasteiger partial charge in [0.05, 0.1) is 5.88 Å². The van der Waals surface area contributed by atoms with E-state index < -0.39 is 0 Å². The lowest BCUT2D eigenvalue weighted by atomic mass is 10.4. The maximum Gasteiger partial charge on any atom is 0.215 e. The first-order valence-electron chi connectivity index (χ1n) is 4.39. The molecule has 0 bridgehead atoms. The summed E-state index contributed by atoms with van der Waals surface area (Å²) in [4.78, 5) is 8.08. The largest absolute Gasteiger partial charge is 0.493 e. The van der Waals surface area contributed by atoms with Gasteiger partial charge in [-0.15, -0.1) is 0 Å². The van der Waals surface area contributed by atoms with E-state index in [4.69, 9.17) is 0 Å². The summed E-state index contributed by atoms with van der Waals surface area (Å²) in [5.41, 5.74) is 0.755. The molecule has 0 atom stereocenters. The quantitative estimate of drug-likeness (QED) is 0.628. The maximum atomic E-state index is 9.26. The van der Waals surface area contributed by atoms with Crippen molar-refractivity contribution >= 4 is 11.8 Å². The number of aryl methyl sites for hydroxylation is 1. The van der Waals surface area contributed by atoms with E-state index in [-0.39, 0.29) is 5.88 Å². The van der Waals surface area contributed by atoms with Gasteiger partial charge in [0.15, 0.2) is 5.16 Å². The average Bonchev–Trinajstić information content (AvgIpc) is 2.65. The monoisotopic (exact) mass is 222 g/mol. The normalized spacial score (nSPS) is 10.5. The third kappa shape index (κ3) is 2.69. The van der Waals surface area contributed by atoms with E-state index in [1.807, 2.05) is 19.2 Å². The van der Waals surface area contributed by atoms with Crippen LogP contribution < -0.4 is 0 Å². The molecule has 0 aliphatic rings. The number of hydrogen-bond donors (Lipinski definition) is 1. The van der Waals surface area contributed by atoms with Crippen molar-refractivity contribution in [3.8, 4) is 5.88 Å². The first kappa shape index (κ1) is 9.97. The molecule has 1 N–H and O–H groups in total. The van der Waals surface area contributed by atoms with E-state index >= 15 is 0 Å². The second kappa shape index (κ2) is 4.31. The molecule has 0 saturated carbocycles. The van der Waals surface area contributed by atoms with E-state index in [2.05, 4.69) is 15.1 Å². The SMILES string of the molecule is Cc1cc(O)nc(SCn2cccn2)n1. The number of aromatic hydroxyl groups is 1. The molecular weight excluding hydrogens is 212 g/mol. The van der Waals surface area contributed by atoms with Crippen molar-refractivity contribution in [3.05, 3.63) is 30.2 Å². The van der Waals surface area contributed by atoms with Crippen LogP contribution in [0.25, 0.3) is 0 Å². The van der Waals surface area contributed by atoms with Crippen LogP contribution in [0.15, 0.2) is 29.7 Å². The Bertz CT molecular complexity index is 423. The van der Waals surface area contributed by atoms with Crippen molar-refractivity contribution in [3.63, 3.8) is 0 Å². The molecule has 15 heavy (non-hydrogen) atoms. The Kier molecular flexibility index (Phi) is 2.86. The van der Waals surface area contributed by atoms with Gasteiger partial charge < -0.3 is 5.11 Å². The van der Waals surface area contributed by atoms with Crippen molar-refractivity contribution in [2.24, 2.45) is 0 Å². The highest BCUT2D eigenvalue weighted by molar-refractivity contribution is 7.98. The molecule has 0 aromatic carbocycles. The van der Waals surface area contributed by atoms with E-state index in [0.717, 1.165) is 5.69 Å². The second-order valence-electron chi connectivity index (χ2n) is 2.97. The molecule has 0 spiro atoms. The average molecular weight is 222 g/mol. The molecule has 0 radical (unpaired) electrons. The van der Waals surface area contributed by atoms with Crippen LogP contribution in [0.1, 0.15) is 5.69 Å². The summed E-state index contributed by atoms with van der Waals surface area (Å²) in [6, 6.07) is 3.38. The highest BCUT2D eigenvalue weighted by Crippen LogP contribution is 2.17. The van der Waals surface area contributed by atoms with Crippen molar-refractivity contribution in [2.45, 2.75) is 18.0 Å². The van der Waals surface area contributed by atoms with Crippen LogP contribution >= 0.6 is 11.8 Å². The van der Waals surface area contributed by atoms with Gasteiger partial charge in [0.1, 0.15) is 0 Å². The fraction of sp³-hybridized carbons (Fsp3) is 0.222. The van der Waals surface area contributed by atoms with E-state index in [9.17, 15) is 5.11 Å². The third-order valence-corrected chi connectivity index (χ3v) is 2.54. The molecule has 5 nitrogen and oxygen atoms in total. The van der Waals surface area contributed by atoms with Gasteiger partial charge >= 0.3 is 0 Å². The minimum absolute atomic E-state index is 0.00506. The lowest BCUT2D eigenvalue weighted by molar-refractivity contribution is 0.444. The standard InChI is InChI=1S/C9H10N4OS/c1-7-5-8(14)12-9(11-7)15-6-13-4-2-3-10-13/h2-5H,6H2,1H3,(H,11,12,14). The van der Waals surface area contributed by atoms with Crippen LogP contribution in [0, 0.1) is 6.92 Å². The zero-order valence-electron chi connectivity index (χ0n) is 8.16. The van der Waals surface area contributed by atoms with Gasteiger partial charge in [0.25, 0.3) is 0 Å². The Hall–Kier alpha value is -1.56. The molecule has 2 heterocycles. The smallest absolute Gasteiger partial charge is 0.215 e. The van der Waals surface area contributed by atoms with Gasteiger partial charge in [0, 0.05) is 24.2 Å². The van der Waals surface area contributed by atoms with Gasteiger partial charge in [-0.1, -0.05) is 11.8 Å². The molecule has 0 saturated heterocycles. The van der Waals surface area contributed by atoms with Crippen LogP contribution in [-0.2, 0) is 5.88 Å². The fourth-order valence-corrected chi connectivity index (χ4v) is 1.86. The Morgan fingerprint density at radius 3 is 3.00 bits per heavy atom. The first-order valence-corrected chi connectivity index (χ1v) is 5.37.